The topological polar surface area (TPSA) is 20.2 Å². The fourth-order valence-electron chi connectivity index (χ4n) is 1.81. The van der Waals surface area contributed by atoms with E-state index in [0.717, 1.165) is 12.1 Å². The van der Waals surface area contributed by atoms with E-state index in [1.807, 2.05) is 0 Å². The van der Waals surface area contributed by atoms with E-state index in [4.69, 9.17) is 0 Å². The van der Waals surface area contributed by atoms with E-state index >= 15 is 0 Å². The van der Waals surface area contributed by atoms with E-state index in [-0.39, 0.29) is 0 Å². The Kier molecular flexibility index (Phi) is 9.86. The van der Waals surface area contributed by atoms with Crippen LogP contribution in [0.3, 0.4) is 0 Å². The summed E-state index contributed by atoms with van der Waals surface area (Å²) in [6, 6.07) is 2.08. The maximum Gasteiger partial charge on any atom is 0.166 e. The van der Waals surface area contributed by atoms with Gasteiger partial charge in [0.2, 0.25) is 0 Å². The third-order valence-electron chi connectivity index (χ3n) is 2.89. The Labute approximate surface area is 100 Å². The van der Waals surface area contributed by atoms with Gasteiger partial charge in [-0.2, -0.15) is 0 Å². The minimum Gasteiger partial charge on any atom is -0.435 e. The largest absolute Gasteiger partial charge is 0.435 e. The molecule has 0 aromatic rings. The average Bonchev–Trinajstić information content (AvgIpc) is 2.20. The molecule has 0 bridgehead atoms. The van der Waals surface area contributed by atoms with Crippen LogP contribution >= 0.6 is 0 Å². The van der Waals surface area contributed by atoms with Gasteiger partial charge in [0.25, 0.3) is 0 Å². The summed E-state index contributed by atoms with van der Waals surface area (Å²) >= 11 is 0. The molecule has 0 heterocycles. The summed E-state index contributed by atoms with van der Waals surface area (Å²) in [5, 5.41) is 0. The van der Waals surface area contributed by atoms with Gasteiger partial charge in [-0.15, -0.1) is 0 Å². The Morgan fingerprint density at radius 1 is 0.800 bits per heavy atom. The fourth-order valence-corrected chi connectivity index (χ4v) is 4.79. The highest BCUT2D eigenvalue weighted by Crippen LogP contribution is 2.17. The summed E-state index contributed by atoms with van der Waals surface area (Å²) in [6.45, 7) is 4.45. The lowest BCUT2D eigenvalue weighted by molar-refractivity contribution is 0.535. The predicted molar refractivity (Wildman–Crippen MR) is 71.6 cm³/mol. The van der Waals surface area contributed by atoms with Gasteiger partial charge in [-0.1, -0.05) is 65.2 Å². The van der Waals surface area contributed by atoms with Crippen molar-refractivity contribution in [2.45, 2.75) is 77.3 Å². The lowest BCUT2D eigenvalue weighted by Gasteiger charge is -2.20. The summed E-state index contributed by atoms with van der Waals surface area (Å²) in [6.07, 6.45) is 10.1. The Morgan fingerprint density at radius 2 is 1.20 bits per heavy atom. The molecule has 0 amide bonds. The number of hydrogen-bond acceptors (Lipinski definition) is 1. The van der Waals surface area contributed by atoms with Gasteiger partial charge in [0, 0.05) is 0 Å². The molecule has 1 N–H and O–H groups in total. The summed E-state index contributed by atoms with van der Waals surface area (Å²) in [4.78, 5) is 10.2. The summed E-state index contributed by atoms with van der Waals surface area (Å²) < 4.78 is 0. The molecule has 0 unspecified atom stereocenters. The first kappa shape index (κ1) is 15.4. The Bertz CT molecular complexity index is 124. The molecule has 0 aliphatic carbocycles. The van der Waals surface area contributed by atoms with E-state index < -0.39 is 7.83 Å². The molecule has 3 radical (unpaired) electrons. The van der Waals surface area contributed by atoms with Crippen LogP contribution < -0.4 is 0 Å². The highest BCUT2D eigenvalue weighted by molar-refractivity contribution is 7.12. The summed E-state index contributed by atoms with van der Waals surface area (Å²) in [5.74, 6) is 0. The van der Waals surface area contributed by atoms with Crippen molar-refractivity contribution in [3.8, 4) is 0 Å². The summed E-state index contributed by atoms with van der Waals surface area (Å²) in [5.41, 5.74) is 0. The maximum atomic E-state index is 10.2. The third-order valence-corrected chi connectivity index (χ3v) is 6.75. The van der Waals surface area contributed by atoms with Gasteiger partial charge < -0.3 is 4.80 Å². The van der Waals surface area contributed by atoms with E-state index in [0.29, 0.717) is 0 Å². The lowest BCUT2D eigenvalue weighted by Crippen LogP contribution is -2.35. The lowest BCUT2D eigenvalue weighted by atomic mass is 10.2. The smallest absolute Gasteiger partial charge is 0.166 e. The highest BCUT2D eigenvalue weighted by atomic mass is 29.2. The van der Waals surface area contributed by atoms with Crippen molar-refractivity contribution < 1.29 is 4.80 Å². The van der Waals surface area contributed by atoms with Gasteiger partial charge in [0.1, 0.15) is 0 Å². The first-order chi connectivity index (χ1) is 7.12. The molecule has 0 aliphatic heterocycles. The van der Waals surface area contributed by atoms with Crippen LogP contribution in [0.2, 0.25) is 12.1 Å². The van der Waals surface area contributed by atoms with Crippen LogP contribution in [0, 0.1) is 0 Å². The van der Waals surface area contributed by atoms with Crippen molar-refractivity contribution in [1.82, 2.24) is 0 Å². The third kappa shape index (κ3) is 10.7. The second-order valence-corrected chi connectivity index (χ2v) is 10.5. The minimum absolute atomic E-state index is 1.04. The quantitative estimate of drug-likeness (QED) is 0.458. The summed E-state index contributed by atoms with van der Waals surface area (Å²) in [7, 11) is 1.64. The standard InChI is InChI=1S/C12H27OSi2/c1-3-5-7-9-11-15(13,14)12-10-8-6-4-2/h13H,3-12H2,1-2H3. The molecule has 0 aliphatic rings. The van der Waals surface area contributed by atoms with Crippen LogP contribution in [0.4, 0.5) is 0 Å². The van der Waals surface area contributed by atoms with Gasteiger partial charge in [0.15, 0.2) is 7.83 Å². The Hall–Kier alpha value is 0.394. The molecule has 0 aromatic carbocycles. The first-order valence-electron chi connectivity index (χ1n) is 6.59. The van der Waals surface area contributed by atoms with Gasteiger partial charge in [-0.3, -0.25) is 0 Å². The first-order valence-corrected chi connectivity index (χ1v) is 10.5. The number of unbranched alkanes of at least 4 members (excludes halogenated alkanes) is 6. The molecule has 89 valence electrons. The Morgan fingerprint density at radius 3 is 1.53 bits per heavy atom. The predicted octanol–water partition coefficient (Wildman–Crippen LogP) is 3.75. The van der Waals surface area contributed by atoms with Crippen LogP contribution in [-0.2, 0) is 0 Å². The fraction of sp³-hybridized carbons (Fsp3) is 1.00. The SMILES string of the molecule is CCCCCC[Si](O)([Si])CCCCCC. The van der Waals surface area contributed by atoms with Gasteiger partial charge in [-0.05, 0) is 12.1 Å². The molecule has 0 fully saturated rings. The van der Waals surface area contributed by atoms with E-state index in [2.05, 4.69) is 23.6 Å². The molecular formula is C12H27OSi2. The molecule has 0 aromatic heterocycles. The van der Waals surface area contributed by atoms with Crippen molar-refractivity contribution in [3.05, 3.63) is 0 Å². The minimum atomic E-state index is -2.00. The second kappa shape index (κ2) is 9.61. The van der Waals surface area contributed by atoms with E-state index in [1.165, 1.54) is 51.4 Å². The van der Waals surface area contributed by atoms with Crippen LogP contribution in [0.1, 0.15) is 65.2 Å². The van der Waals surface area contributed by atoms with Crippen LogP contribution in [0.25, 0.3) is 0 Å². The van der Waals surface area contributed by atoms with Crippen LogP contribution in [0.5, 0.6) is 0 Å². The zero-order valence-electron chi connectivity index (χ0n) is 10.5. The van der Waals surface area contributed by atoms with Gasteiger partial charge in [0.05, 0.1) is 9.76 Å². The molecule has 1 nitrogen and oxygen atoms in total. The molecule has 0 atom stereocenters. The highest BCUT2D eigenvalue weighted by Gasteiger charge is 2.22. The maximum absolute atomic E-state index is 10.2. The molecule has 0 saturated heterocycles. The van der Waals surface area contributed by atoms with Crippen LogP contribution in [0.15, 0.2) is 0 Å². The molecular weight excluding hydrogens is 216 g/mol. The van der Waals surface area contributed by atoms with Crippen molar-refractivity contribution in [1.29, 1.82) is 0 Å². The molecule has 0 rings (SSSR count). The molecule has 15 heavy (non-hydrogen) atoms. The van der Waals surface area contributed by atoms with Crippen molar-refractivity contribution in [2.75, 3.05) is 0 Å². The molecule has 0 saturated carbocycles. The number of hydrogen-bond donors (Lipinski definition) is 1. The van der Waals surface area contributed by atoms with Crippen molar-refractivity contribution in [2.24, 2.45) is 0 Å². The van der Waals surface area contributed by atoms with Gasteiger partial charge in [-0.25, -0.2) is 0 Å². The molecule has 3 heteroatoms. The van der Waals surface area contributed by atoms with Crippen molar-refractivity contribution >= 4 is 17.6 Å². The monoisotopic (exact) mass is 243 g/mol. The van der Waals surface area contributed by atoms with E-state index in [9.17, 15) is 4.80 Å². The Balaban J connectivity index is 3.40. The zero-order chi connectivity index (χ0) is 11.6. The normalized spacial score (nSPS) is 12.0. The number of rotatable bonds is 10. The van der Waals surface area contributed by atoms with Crippen LogP contribution in [-0.4, -0.2) is 22.4 Å². The average molecular weight is 244 g/mol. The molecule has 0 spiro atoms. The second-order valence-electron chi connectivity index (χ2n) is 4.65. The van der Waals surface area contributed by atoms with E-state index in [1.54, 1.807) is 0 Å². The van der Waals surface area contributed by atoms with Crippen molar-refractivity contribution in [3.63, 3.8) is 0 Å². The zero-order valence-corrected chi connectivity index (χ0v) is 12.5. The van der Waals surface area contributed by atoms with Gasteiger partial charge >= 0.3 is 0 Å².